The second kappa shape index (κ2) is 7.77. The van der Waals surface area contributed by atoms with Gasteiger partial charge in [0, 0.05) is 6.04 Å². The van der Waals surface area contributed by atoms with Gasteiger partial charge < -0.3 is 10.1 Å². The number of rotatable bonds is 5. The largest absolute Gasteiger partial charge is 0.495 e. The van der Waals surface area contributed by atoms with Gasteiger partial charge in [0.25, 0.3) is 0 Å². The van der Waals surface area contributed by atoms with Gasteiger partial charge in [-0.25, -0.2) is 9.69 Å². The van der Waals surface area contributed by atoms with Gasteiger partial charge in [-0.15, -0.1) is 0 Å². The van der Waals surface area contributed by atoms with Crippen molar-refractivity contribution >= 4 is 29.4 Å². The molecule has 1 saturated heterocycles. The van der Waals surface area contributed by atoms with Crippen LogP contribution in [0, 0.1) is 5.92 Å². The number of nitrogens with zero attached hydrogens (tertiary/aromatic N) is 2. The van der Waals surface area contributed by atoms with E-state index in [0.717, 1.165) is 24.2 Å². The predicted octanol–water partition coefficient (Wildman–Crippen LogP) is 2.00. The first-order valence-electron chi connectivity index (χ1n) is 9.06. The lowest BCUT2D eigenvalue weighted by molar-refractivity contribution is -0.145. The first kappa shape index (κ1) is 18.9. The van der Waals surface area contributed by atoms with Crippen LogP contribution in [0.3, 0.4) is 0 Å². The van der Waals surface area contributed by atoms with Gasteiger partial charge in [-0.2, -0.15) is 0 Å². The van der Waals surface area contributed by atoms with Gasteiger partial charge in [0.2, 0.25) is 5.91 Å². The van der Waals surface area contributed by atoms with Crippen molar-refractivity contribution in [3.05, 3.63) is 24.3 Å². The lowest BCUT2D eigenvalue weighted by Gasteiger charge is -2.34. The maximum absolute atomic E-state index is 12.7. The van der Waals surface area contributed by atoms with Crippen LogP contribution >= 0.6 is 0 Å². The summed E-state index contributed by atoms with van der Waals surface area (Å²) in [4.78, 5) is 51.5. The molecule has 8 heteroatoms. The fourth-order valence-electron chi connectivity index (χ4n) is 3.72. The normalized spacial score (nSPS) is 23.0. The van der Waals surface area contributed by atoms with Crippen LogP contribution in [0.25, 0.3) is 0 Å². The molecule has 144 valence electrons. The highest BCUT2D eigenvalue weighted by Gasteiger charge is 2.49. The molecular weight excluding hydrogens is 350 g/mol. The molecule has 1 aromatic carbocycles. The van der Waals surface area contributed by atoms with Crippen molar-refractivity contribution in [1.29, 1.82) is 0 Å². The highest BCUT2D eigenvalue weighted by atomic mass is 16.5. The van der Waals surface area contributed by atoms with Gasteiger partial charge in [-0.3, -0.25) is 19.3 Å². The molecule has 0 bridgehead atoms. The van der Waals surface area contributed by atoms with Gasteiger partial charge >= 0.3 is 17.8 Å². The number of imide groups is 2. The minimum Gasteiger partial charge on any atom is -0.495 e. The summed E-state index contributed by atoms with van der Waals surface area (Å²) in [6.45, 7) is 1.46. The molecule has 5 amide bonds. The highest BCUT2D eigenvalue weighted by Crippen LogP contribution is 2.31. The Morgan fingerprint density at radius 2 is 1.85 bits per heavy atom. The highest BCUT2D eigenvalue weighted by molar-refractivity contribution is 6.45. The summed E-state index contributed by atoms with van der Waals surface area (Å²) in [5.74, 6) is -1.77. The average molecular weight is 373 g/mol. The van der Waals surface area contributed by atoms with Gasteiger partial charge in [0.1, 0.15) is 12.3 Å². The van der Waals surface area contributed by atoms with Crippen LogP contribution < -0.4 is 10.1 Å². The lowest BCUT2D eigenvalue weighted by Crippen LogP contribution is -2.46. The van der Waals surface area contributed by atoms with E-state index in [1.807, 2.05) is 6.92 Å². The number of hydrogen-bond acceptors (Lipinski definition) is 5. The van der Waals surface area contributed by atoms with Crippen molar-refractivity contribution in [2.24, 2.45) is 5.92 Å². The van der Waals surface area contributed by atoms with Crippen LogP contribution in [0.15, 0.2) is 24.3 Å². The van der Waals surface area contributed by atoms with E-state index in [-0.39, 0.29) is 12.0 Å². The zero-order valence-corrected chi connectivity index (χ0v) is 15.4. The van der Waals surface area contributed by atoms with Crippen LogP contribution in [0.1, 0.15) is 32.6 Å². The molecule has 1 aliphatic heterocycles. The third-order valence-electron chi connectivity index (χ3n) is 5.16. The Kier molecular flexibility index (Phi) is 5.43. The molecule has 3 rings (SSSR count). The summed E-state index contributed by atoms with van der Waals surface area (Å²) in [6.07, 6.45) is 3.55. The van der Waals surface area contributed by atoms with E-state index in [0.29, 0.717) is 22.8 Å². The summed E-state index contributed by atoms with van der Waals surface area (Å²) in [6, 6.07) is 5.80. The molecule has 0 aromatic heterocycles. The van der Waals surface area contributed by atoms with E-state index in [1.54, 1.807) is 24.3 Å². The standard InChI is InChI=1S/C19H23N3O5/c1-12-7-3-5-9-14(12)22-18(25)17(24)21(19(22)26)11-16(23)20-13-8-4-6-10-15(13)27-2/h4,6,8,10,12,14H,3,5,7,9,11H2,1-2H3,(H,20,23)/t12-,14-/m1/s1. The third kappa shape index (κ3) is 3.65. The number of hydrogen-bond donors (Lipinski definition) is 1. The van der Waals surface area contributed by atoms with Gasteiger partial charge in [-0.1, -0.05) is 31.9 Å². The number of urea groups is 1. The van der Waals surface area contributed by atoms with E-state index < -0.39 is 30.3 Å². The Balaban J connectivity index is 1.71. The Hall–Kier alpha value is -2.90. The minimum absolute atomic E-state index is 0.141. The first-order chi connectivity index (χ1) is 12.9. The van der Waals surface area contributed by atoms with Crippen LogP contribution in [-0.4, -0.2) is 53.2 Å². The van der Waals surface area contributed by atoms with Gasteiger partial charge in [-0.05, 0) is 30.9 Å². The zero-order valence-electron chi connectivity index (χ0n) is 15.4. The molecule has 1 saturated carbocycles. The average Bonchev–Trinajstić information content (AvgIpc) is 2.86. The second-order valence-electron chi connectivity index (χ2n) is 6.93. The Labute approximate surface area is 157 Å². The molecule has 0 spiro atoms. The van der Waals surface area contributed by atoms with E-state index in [1.165, 1.54) is 7.11 Å². The number of amides is 5. The Morgan fingerprint density at radius 1 is 1.15 bits per heavy atom. The van der Waals surface area contributed by atoms with Crippen molar-refractivity contribution in [3.63, 3.8) is 0 Å². The number of benzene rings is 1. The fourth-order valence-corrected chi connectivity index (χ4v) is 3.72. The Morgan fingerprint density at radius 3 is 2.56 bits per heavy atom. The number of nitrogens with one attached hydrogen (secondary N) is 1. The summed E-state index contributed by atoms with van der Waals surface area (Å²) in [7, 11) is 1.47. The van der Waals surface area contributed by atoms with E-state index in [4.69, 9.17) is 4.74 Å². The summed E-state index contributed by atoms with van der Waals surface area (Å²) in [5.41, 5.74) is 0.424. The fraction of sp³-hybridized carbons (Fsp3) is 0.474. The molecule has 0 unspecified atom stereocenters. The van der Waals surface area contributed by atoms with Crippen molar-refractivity contribution in [2.75, 3.05) is 19.0 Å². The van der Waals surface area contributed by atoms with Crippen molar-refractivity contribution in [3.8, 4) is 5.75 Å². The van der Waals surface area contributed by atoms with Gasteiger partial charge in [0.05, 0.1) is 12.8 Å². The molecular formula is C19H23N3O5. The quantitative estimate of drug-likeness (QED) is 0.629. The number of ether oxygens (including phenoxy) is 1. The van der Waals surface area contributed by atoms with Crippen LogP contribution in [0.2, 0.25) is 0 Å². The molecule has 1 heterocycles. The number of anilines is 1. The van der Waals surface area contributed by atoms with Crippen LogP contribution in [-0.2, 0) is 14.4 Å². The summed E-state index contributed by atoms with van der Waals surface area (Å²) in [5, 5.41) is 2.61. The molecule has 8 nitrogen and oxygen atoms in total. The third-order valence-corrected chi connectivity index (χ3v) is 5.16. The van der Waals surface area contributed by atoms with E-state index in [2.05, 4.69) is 5.32 Å². The monoisotopic (exact) mass is 373 g/mol. The van der Waals surface area contributed by atoms with Gasteiger partial charge in [0.15, 0.2) is 0 Å². The van der Waals surface area contributed by atoms with Crippen LogP contribution in [0.5, 0.6) is 5.75 Å². The molecule has 2 aliphatic rings. The van der Waals surface area contributed by atoms with Crippen LogP contribution in [0.4, 0.5) is 10.5 Å². The number of para-hydroxylation sites is 2. The first-order valence-corrected chi connectivity index (χ1v) is 9.06. The molecule has 1 aromatic rings. The van der Waals surface area contributed by atoms with E-state index >= 15 is 0 Å². The number of carbonyl (C=O) groups is 4. The lowest BCUT2D eigenvalue weighted by atomic mass is 9.85. The molecule has 2 fully saturated rings. The summed E-state index contributed by atoms with van der Waals surface area (Å²) < 4.78 is 5.16. The molecule has 1 aliphatic carbocycles. The topological polar surface area (TPSA) is 96.0 Å². The van der Waals surface area contributed by atoms with Crippen molar-refractivity contribution in [1.82, 2.24) is 9.80 Å². The minimum atomic E-state index is -0.951. The Bertz CT molecular complexity index is 778. The predicted molar refractivity (Wildman–Crippen MR) is 97.0 cm³/mol. The summed E-state index contributed by atoms with van der Waals surface area (Å²) >= 11 is 0. The van der Waals surface area contributed by atoms with E-state index in [9.17, 15) is 19.2 Å². The number of carbonyl (C=O) groups excluding carboxylic acids is 4. The smallest absolute Gasteiger partial charge is 0.334 e. The molecule has 1 N–H and O–H groups in total. The van der Waals surface area contributed by atoms with Crippen molar-refractivity contribution < 1.29 is 23.9 Å². The second-order valence-corrected chi connectivity index (χ2v) is 6.93. The maximum atomic E-state index is 12.7. The molecule has 27 heavy (non-hydrogen) atoms. The SMILES string of the molecule is COc1ccccc1NC(=O)CN1C(=O)C(=O)N([C@@H]2CCCC[C@H]2C)C1=O. The molecule has 0 radical (unpaired) electrons. The molecule has 2 atom stereocenters. The maximum Gasteiger partial charge on any atom is 0.334 e. The number of methoxy groups -OCH3 is 1. The van der Waals surface area contributed by atoms with Crippen molar-refractivity contribution in [2.45, 2.75) is 38.6 Å². The zero-order chi connectivity index (χ0) is 19.6.